The van der Waals surface area contributed by atoms with Crippen molar-refractivity contribution in [3.05, 3.63) is 28.0 Å². The minimum absolute atomic E-state index is 1.34. The molecule has 0 aliphatic heterocycles. The molecule has 0 bridgehead atoms. The van der Waals surface area contributed by atoms with Gasteiger partial charge in [-0.2, -0.15) is 0 Å². The molecule has 0 saturated heterocycles. The predicted molar refractivity (Wildman–Crippen MR) is 43.8 cm³/mol. The van der Waals surface area contributed by atoms with Crippen LogP contribution >= 0.6 is 11.3 Å². The van der Waals surface area contributed by atoms with E-state index >= 15 is 0 Å². The summed E-state index contributed by atoms with van der Waals surface area (Å²) in [4.78, 5) is 2.72. The van der Waals surface area contributed by atoms with E-state index in [1.54, 1.807) is 0 Å². The number of hydrogen-bond donors (Lipinski definition) is 0. The Morgan fingerprint density at radius 3 is 2.67 bits per heavy atom. The molecule has 1 heteroatoms. The van der Waals surface area contributed by atoms with Crippen molar-refractivity contribution in [2.24, 2.45) is 0 Å². The molecule has 1 heterocycles. The van der Waals surface area contributed by atoms with Crippen molar-refractivity contribution in [1.82, 2.24) is 0 Å². The molecule has 0 fully saturated rings. The van der Waals surface area contributed by atoms with Crippen LogP contribution in [0.5, 0.6) is 0 Å². The molecule has 0 aliphatic carbocycles. The molecule has 1 rings (SSSR count). The zero-order chi connectivity index (χ0) is 6.69. The fourth-order valence-corrected chi connectivity index (χ4v) is 1.56. The van der Waals surface area contributed by atoms with Gasteiger partial charge in [0.2, 0.25) is 0 Å². The van der Waals surface area contributed by atoms with Gasteiger partial charge in [0.05, 0.1) is 0 Å². The van der Waals surface area contributed by atoms with E-state index in [4.69, 9.17) is 0 Å². The minimum atomic E-state index is 1.34. The lowest BCUT2D eigenvalue weighted by Gasteiger charge is -1.77. The number of hydrogen-bond acceptors (Lipinski definition) is 1. The summed E-state index contributed by atoms with van der Waals surface area (Å²) in [6, 6.07) is 4.28. The molecule has 0 nitrogen and oxygen atoms in total. The molecule has 0 saturated carbocycles. The van der Waals surface area contributed by atoms with Gasteiger partial charge in [-0.15, -0.1) is 11.3 Å². The monoisotopic (exact) mass is 138 g/mol. The fourth-order valence-electron chi connectivity index (χ4n) is 0.707. The Morgan fingerprint density at radius 2 is 2.22 bits per heavy atom. The normalized spacial score (nSPS) is 10.9. The van der Waals surface area contributed by atoms with E-state index < -0.39 is 0 Å². The zero-order valence-corrected chi connectivity index (χ0v) is 6.53. The van der Waals surface area contributed by atoms with Crippen LogP contribution in [-0.2, 0) is 0 Å². The Hall–Kier alpha value is -0.560. The summed E-state index contributed by atoms with van der Waals surface area (Å²) < 4.78 is 0. The van der Waals surface area contributed by atoms with E-state index in [1.165, 1.54) is 9.75 Å². The highest BCUT2D eigenvalue weighted by molar-refractivity contribution is 7.12. The van der Waals surface area contributed by atoms with Gasteiger partial charge in [0.25, 0.3) is 0 Å². The number of allylic oxidation sites excluding steroid dienone is 1. The Kier molecular flexibility index (Phi) is 2.06. The molecule has 1 aromatic rings. The van der Waals surface area contributed by atoms with Crippen molar-refractivity contribution < 1.29 is 0 Å². The molecule has 0 amide bonds. The first kappa shape index (κ1) is 6.56. The van der Waals surface area contributed by atoms with E-state index in [2.05, 4.69) is 31.2 Å². The van der Waals surface area contributed by atoms with Crippen molar-refractivity contribution in [1.29, 1.82) is 0 Å². The van der Waals surface area contributed by atoms with E-state index in [0.717, 1.165) is 0 Å². The van der Waals surface area contributed by atoms with Crippen LogP contribution in [0.1, 0.15) is 16.7 Å². The molecule has 48 valence electrons. The van der Waals surface area contributed by atoms with Gasteiger partial charge in [-0.25, -0.2) is 0 Å². The third kappa shape index (κ3) is 1.68. The first-order valence-corrected chi connectivity index (χ1v) is 3.83. The maximum Gasteiger partial charge on any atom is 0.0269 e. The summed E-state index contributed by atoms with van der Waals surface area (Å²) in [6.07, 6.45) is 4.18. The molecule has 0 aliphatic rings. The van der Waals surface area contributed by atoms with Crippen LogP contribution in [0.15, 0.2) is 18.2 Å². The van der Waals surface area contributed by atoms with Crippen LogP contribution in [0, 0.1) is 6.92 Å². The standard InChI is InChI=1S/C8H10S/c1-3-4-8-6-5-7(2)9-8/h3-6H,1-2H3/b4-3+. The summed E-state index contributed by atoms with van der Waals surface area (Å²) in [7, 11) is 0. The summed E-state index contributed by atoms with van der Waals surface area (Å²) in [5, 5.41) is 0. The molecule has 0 unspecified atom stereocenters. The maximum absolute atomic E-state index is 2.14. The third-order valence-electron chi connectivity index (χ3n) is 1.09. The largest absolute Gasteiger partial charge is 0.141 e. The quantitative estimate of drug-likeness (QED) is 0.559. The molecular weight excluding hydrogens is 128 g/mol. The maximum atomic E-state index is 2.14. The Labute approximate surface area is 59.8 Å². The molecule has 9 heavy (non-hydrogen) atoms. The third-order valence-corrected chi connectivity index (χ3v) is 2.06. The zero-order valence-electron chi connectivity index (χ0n) is 5.72. The SMILES string of the molecule is C/C=C/c1ccc(C)s1. The molecule has 0 radical (unpaired) electrons. The second kappa shape index (κ2) is 2.83. The van der Waals surface area contributed by atoms with Crippen LogP contribution in [-0.4, -0.2) is 0 Å². The van der Waals surface area contributed by atoms with E-state index in [-0.39, 0.29) is 0 Å². The lowest BCUT2D eigenvalue weighted by atomic mass is 10.4. The second-order valence-corrected chi connectivity index (χ2v) is 3.27. The Bertz CT molecular complexity index is 208. The predicted octanol–water partition coefficient (Wildman–Crippen LogP) is 3.09. The molecule has 0 atom stereocenters. The van der Waals surface area contributed by atoms with Gasteiger partial charge in [-0.3, -0.25) is 0 Å². The van der Waals surface area contributed by atoms with Crippen molar-refractivity contribution >= 4 is 17.4 Å². The van der Waals surface area contributed by atoms with Crippen LogP contribution in [0.25, 0.3) is 6.08 Å². The molecule has 0 spiro atoms. The summed E-state index contributed by atoms with van der Waals surface area (Å²) in [5.74, 6) is 0. The van der Waals surface area contributed by atoms with E-state index in [0.29, 0.717) is 0 Å². The van der Waals surface area contributed by atoms with Crippen molar-refractivity contribution in [3.8, 4) is 0 Å². The minimum Gasteiger partial charge on any atom is -0.141 e. The molecule has 1 aromatic heterocycles. The van der Waals surface area contributed by atoms with Crippen LogP contribution in [0.2, 0.25) is 0 Å². The first-order chi connectivity index (χ1) is 4.33. The van der Waals surface area contributed by atoms with Crippen LogP contribution in [0.3, 0.4) is 0 Å². The van der Waals surface area contributed by atoms with Gasteiger partial charge in [0.1, 0.15) is 0 Å². The van der Waals surface area contributed by atoms with E-state index in [1.807, 2.05) is 18.3 Å². The van der Waals surface area contributed by atoms with Crippen LogP contribution < -0.4 is 0 Å². The lowest BCUT2D eigenvalue weighted by Crippen LogP contribution is -1.50. The molecular formula is C8H10S. The lowest BCUT2D eigenvalue weighted by molar-refractivity contribution is 1.64. The Balaban J connectivity index is 2.85. The number of rotatable bonds is 1. The summed E-state index contributed by atoms with van der Waals surface area (Å²) in [6.45, 7) is 4.16. The average Bonchev–Trinajstić information content (AvgIpc) is 2.17. The van der Waals surface area contributed by atoms with Gasteiger partial charge in [-0.1, -0.05) is 6.08 Å². The summed E-state index contributed by atoms with van der Waals surface area (Å²) in [5.41, 5.74) is 0. The Morgan fingerprint density at radius 1 is 1.44 bits per heavy atom. The average molecular weight is 138 g/mol. The van der Waals surface area contributed by atoms with Crippen LogP contribution in [0.4, 0.5) is 0 Å². The molecule has 0 aromatic carbocycles. The van der Waals surface area contributed by atoms with Gasteiger partial charge >= 0.3 is 0 Å². The van der Waals surface area contributed by atoms with Crippen molar-refractivity contribution in [2.75, 3.05) is 0 Å². The van der Waals surface area contributed by atoms with Gasteiger partial charge in [-0.05, 0) is 32.1 Å². The highest BCUT2D eigenvalue weighted by Gasteiger charge is 1.87. The fraction of sp³-hybridized carbons (Fsp3) is 0.250. The van der Waals surface area contributed by atoms with Gasteiger partial charge in [0.15, 0.2) is 0 Å². The topological polar surface area (TPSA) is 0 Å². The van der Waals surface area contributed by atoms with Crippen molar-refractivity contribution in [3.63, 3.8) is 0 Å². The van der Waals surface area contributed by atoms with Gasteiger partial charge in [0, 0.05) is 9.75 Å². The highest BCUT2D eigenvalue weighted by Crippen LogP contribution is 2.15. The molecule has 0 N–H and O–H groups in total. The highest BCUT2D eigenvalue weighted by atomic mass is 32.1. The number of thiophene rings is 1. The second-order valence-electron chi connectivity index (χ2n) is 1.95. The summed E-state index contributed by atoms with van der Waals surface area (Å²) >= 11 is 1.83. The smallest absolute Gasteiger partial charge is 0.0269 e. The number of aryl methyl sites for hydroxylation is 1. The first-order valence-electron chi connectivity index (χ1n) is 3.02. The van der Waals surface area contributed by atoms with Gasteiger partial charge < -0.3 is 0 Å². The van der Waals surface area contributed by atoms with Crippen molar-refractivity contribution in [2.45, 2.75) is 13.8 Å². The van der Waals surface area contributed by atoms with E-state index in [9.17, 15) is 0 Å².